The molecule has 22 heavy (non-hydrogen) atoms. The molecular weight excluding hydrogens is 305 g/mol. The number of nitrogens with one attached hydrogen (secondary N) is 1. The molecule has 2 aliphatic heterocycles. The summed E-state index contributed by atoms with van der Waals surface area (Å²) in [6.07, 6.45) is 0. The van der Waals surface area contributed by atoms with Crippen LogP contribution in [0.25, 0.3) is 0 Å². The Balaban J connectivity index is 1.69. The number of rotatable bonds is 3. The van der Waals surface area contributed by atoms with Gasteiger partial charge in [-0.1, -0.05) is 18.2 Å². The van der Waals surface area contributed by atoms with Crippen molar-refractivity contribution < 1.29 is 14.0 Å². The number of hydrogen-bond donors (Lipinski definition) is 1. The van der Waals surface area contributed by atoms with Crippen molar-refractivity contribution in [3.63, 3.8) is 0 Å². The minimum Gasteiger partial charge on any atom is -0.354 e. The molecule has 0 aliphatic carbocycles. The van der Waals surface area contributed by atoms with Crippen molar-refractivity contribution in [1.82, 2.24) is 15.1 Å². The van der Waals surface area contributed by atoms with E-state index in [0.29, 0.717) is 25.2 Å². The van der Waals surface area contributed by atoms with Crippen LogP contribution in [0.5, 0.6) is 0 Å². The first-order chi connectivity index (χ1) is 10.6. The number of benzene rings is 1. The molecule has 1 N–H and O–H groups in total. The Bertz CT molecular complexity index is 584. The number of carbonyl (C=O) groups excluding carboxylic acids is 2. The van der Waals surface area contributed by atoms with Crippen LogP contribution in [0.2, 0.25) is 0 Å². The number of carbonyl (C=O) groups is 2. The van der Waals surface area contributed by atoms with E-state index in [1.165, 1.54) is 6.07 Å². The molecule has 1 atom stereocenters. The molecule has 1 aromatic carbocycles. The fourth-order valence-corrected chi connectivity index (χ4v) is 4.07. The van der Waals surface area contributed by atoms with Gasteiger partial charge in [0.05, 0.1) is 13.1 Å². The third-order valence-electron chi connectivity index (χ3n) is 3.86. The SMILES string of the molecule is O=C1CN(CC(=O)N2CCS[C@@H]2c2ccccc2F)CCN1. The Morgan fingerprint density at radius 3 is 2.95 bits per heavy atom. The van der Waals surface area contributed by atoms with Crippen LogP contribution in [0.1, 0.15) is 10.9 Å². The topological polar surface area (TPSA) is 52.7 Å². The number of halogens is 1. The first-order valence-corrected chi connectivity index (χ1v) is 8.34. The van der Waals surface area contributed by atoms with E-state index in [-0.39, 0.29) is 36.1 Å². The van der Waals surface area contributed by atoms with Gasteiger partial charge in [0, 0.05) is 31.0 Å². The lowest BCUT2D eigenvalue weighted by molar-refractivity contribution is -0.134. The lowest BCUT2D eigenvalue weighted by Gasteiger charge is -2.30. The van der Waals surface area contributed by atoms with Gasteiger partial charge >= 0.3 is 0 Å². The number of piperazine rings is 1. The average molecular weight is 323 g/mol. The van der Waals surface area contributed by atoms with Crippen molar-refractivity contribution in [1.29, 1.82) is 0 Å². The molecule has 2 saturated heterocycles. The van der Waals surface area contributed by atoms with Crippen LogP contribution in [0.15, 0.2) is 24.3 Å². The molecule has 2 amide bonds. The van der Waals surface area contributed by atoms with Crippen molar-refractivity contribution in [2.24, 2.45) is 0 Å². The van der Waals surface area contributed by atoms with E-state index < -0.39 is 0 Å². The third-order valence-corrected chi connectivity index (χ3v) is 5.10. The summed E-state index contributed by atoms with van der Waals surface area (Å²) in [5.74, 6) is 0.413. The second-order valence-electron chi connectivity index (χ2n) is 5.39. The van der Waals surface area contributed by atoms with Gasteiger partial charge in [0.1, 0.15) is 11.2 Å². The highest BCUT2D eigenvalue weighted by Gasteiger charge is 2.33. The predicted molar refractivity (Wildman–Crippen MR) is 82.8 cm³/mol. The van der Waals surface area contributed by atoms with Crippen molar-refractivity contribution in [3.05, 3.63) is 35.6 Å². The fraction of sp³-hybridized carbons (Fsp3) is 0.467. The van der Waals surface area contributed by atoms with Crippen LogP contribution in [0.4, 0.5) is 4.39 Å². The zero-order chi connectivity index (χ0) is 15.5. The quantitative estimate of drug-likeness (QED) is 0.895. The van der Waals surface area contributed by atoms with Gasteiger partial charge in [0.25, 0.3) is 0 Å². The maximum Gasteiger partial charge on any atom is 0.237 e. The van der Waals surface area contributed by atoms with Crippen molar-refractivity contribution in [3.8, 4) is 0 Å². The van der Waals surface area contributed by atoms with E-state index in [4.69, 9.17) is 0 Å². The van der Waals surface area contributed by atoms with Gasteiger partial charge in [-0.3, -0.25) is 14.5 Å². The van der Waals surface area contributed by atoms with Crippen LogP contribution in [0, 0.1) is 5.82 Å². The monoisotopic (exact) mass is 323 g/mol. The molecule has 2 fully saturated rings. The fourth-order valence-electron chi connectivity index (χ4n) is 2.77. The zero-order valence-electron chi connectivity index (χ0n) is 12.1. The molecule has 2 aliphatic rings. The van der Waals surface area contributed by atoms with Gasteiger partial charge in [-0.05, 0) is 6.07 Å². The number of amides is 2. The Kier molecular flexibility index (Phi) is 4.63. The predicted octanol–water partition coefficient (Wildman–Crippen LogP) is 0.832. The van der Waals surface area contributed by atoms with Crippen molar-refractivity contribution >= 4 is 23.6 Å². The van der Waals surface area contributed by atoms with Gasteiger partial charge in [-0.25, -0.2) is 4.39 Å². The second kappa shape index (κ2) is 6.66. The van der Waals surface area contributed by atoms with Crippen LogP contribution in [0.3, 0.4) is 0 Å². The van der Waals surface area contributed by atoms with Crippen LogP contribution < -0.4 is 5.32 Å². The molecule has 0 saturated carbocycles. The highest BCUT2D eigenvalue weighted by molar-refractivity contribution is 7.99. The molecule has 0 aromatic heterocycles. The highest BCUT2D eigenvalue weighted by Crippen LogP contribution is 2.38. The van der Waals surface area contributed by atoms with Crippen molar-refractivity contribution in [2.75, 3.05) is 38.5 Å². The smallest absolute Gasteiger partial charge is 0.237 e. The first-order valence-electron chi connectivity index (χ1n) is 7.30. The molecule has 0 bridgehead atoms. The van der Waals surface area contributed by atoms with Gasteiger partial charge < -0.3 is 10.2 Å². The average Bonchev–Trinajstić information content (AvgIpc) is 2.97. The zero-order valence-corrected chi connectivity index (χ0v) is 12.9. The van der Waals surface area contributed by atoms with Crippen LogP contribution >= 0.6 is 11.8 Å². The Labute approximate surface area is 132 Å². The molecule has 0 unspecified atom stereocenters. The Morgan fingerprint density at radius 2 is 2.18 bits per heavy atom. The summed E-state index contributed by atoms with van der Waals surface area (Å²) in [7, 11) is 0. The number of thioether (sulfide) groups is 1. The van der Waals surface area contributed by atoms with E-state index in [0.717, 1.165) is 5.75 Å². The summed E-state index contributed by atoms with van der Waals surface area (Å²) in [4.78, 5) is 27.5. The molecule has 5 nitrogen and oxygen atoms in total. The molecule has 0 radical (unpaired) electrons. The maximum absolute atomic E-state index is 14.0. The van der Waals surface area contributed by atoms with Gasteiger partial charge in [0.15, 0.2) is 0 Å². The van der Waals surface area contributed by atoms with Gasteiger partial charge in [-0.15, -0.1) is 11.8 Å². The van der Waals surface area contributed by atoms with Crippen LogP contribution in [-0.4, -0.2) is 60.1 Å². The molecule has 3 rings (SSSR count). The summed E-state index contributed by atoms with van der Waals surface area (Å²) >= 11 is 1.58. The summed E-state index contributed by atoms with van der Waals surface area (Å²) in [6.45, 7) is 2.30. The highest BCUT2D eigenvalue weighted by atomic mass is 32.2. The normalized spacial score (nSPS) is 22.7. The van der Waals surface area contributed by atoms with Gasteiger partial charge in [0.2, 0.25) is 11.8 Å². The first kappa shape index (κ1) is 15.3. The number of nitrogens with zero attached hydrogens (tertiary/aromatic N) is 2. The molecule has 0 spiro atoms. The molecular formula is C15H18FN3O2S. The largest absolute Gasteiger partial charge is 0.354 e. The lowest BCUT2D eigenvalue weighted by atomic mass is 10.2. The summed E-state index contributed by atoms with van der Waals surface area (Å²) in [5, 5.41) is 2.47. The molecule has 7 heteroatoms. The van der Waals surface area contributed by atoms with Crippen molar-refractivity contribution in [2.45, 2.75) is 5.37 Å². The molecule has 1 aromatic rings. The summed E-state index contributed by atoms with van der Waals surface area (Å²) in [5.41, 5.74) is 0.551. The third kappa shape index (κ3) is 3.25. The summed E-state index contributed by atoms with van der Waals surface area (Å²) < 4.78 is 14.0. The lowest BCUT2D eigenvalue weighted by Crippen LogP contribution is -2.51. The van der Waals surface area contributed by atoms with E-state index in [1.807, 2.05) is 4.90 Å². The minimum atomic E-state index is -0.281. The van der Waals surface area contributed by atoms with E-state index in [1.54, 1.807) is 34.9 Å². The Hall–Kier alpha value is -1.60. The van der Waals surface area contributed by atoms with E-state index in [2.05, 4.69) is 5.32 Å². The number of hydrogen-bond acceptors (Lipinski definition) is 4. The van der Waals surface area contributed by atoms with E-state index in [9.17, 15) is 14.0 Å². The second-order valence-corrected chi connectivity index (χ2v) is 6.58. The Morgan fingerprint density at radius 1 is 1.36 bits per heavy atom. The maximum atomic E-state index is 14.0. The van der Waals surface area contributed by atoms with Crippen LogP contribution in [-0.2, 0) is 9.59 Å². The molecule has 2 heterocycles. The van der Waals surface area contributed by atoms with E-state index >= 15 is 0 Å². The standard InChI is InChI=1S/C15H18FN3O2S/c16-12-4-2-1-3-11(12)15-19(7-8-22-15)14(21)10-18-6-5-17-13(20)9-18/h1-4,15H,5-10H2,(H,17,20)/t15-/m1/s1. The summed E-state index contributed by atoms with van der Waals surface area (Å²) in [6, 6.07) is 6.59. The van der Waals surface area contributed by atoms with Gasteiger partial charge in [-0.2, -0.15) is 0 Å². The minimum absolute atomic E-state index is 0.0482. The molecule has 118 valence electrons.